The highest BCUT2D eigenvalue weighted by atomic mass is 16.9. The third kappa shape index (κ3) is 2.51. The molecule has 0 radical (unpaired) electrons. The van der Waals surface area contributed by atoms with Crippen LogP contribution in [0.3, 0.4) is 0 Å². The monoisotopic (exact) mass is 242 g/mol. The molecule has 3 nitrogen and oxygen atoms in total. The molecule has 0 heterocycles. The molecule has 0 saturated heterocycles. The van der Waals surface area contributed by atoms with Crippen molar-refractivity contribution in [2.24, 2.45) is 17.8 Å². The van der Waals surface area contributed by atoms with Crippen LogP contribution in [0, 0.1) is 17.8 Å². The Labute approximate surface area is 105 Å². The van der Waals surface area contributed by atoms with E-state index in [4.69, 9.17) is 14.2 Å². The molecule has 3 atom stereocenters. The van der Waals surface area contributed by atoms with Gasteiger partial charge >= 0.3 is 0 Å². The number of hydrogen-bond acceptors (Lipinski definition) is 3. The predicted octanol–water partition coefficient (Wildman–Crippen LogP) is 3.19. The average Bonchev–Trinajstić information content (AvgIpc) is 2.91. The second-order valence-electron chi connectivity index (χ2n) is 5.18. The predicted molar refractivity (Wildman–Crippen MR) is 66.5 cm³/mol. The van der Waals surface area contributed by atoms with Gasteiger partial charge in [0.2, 0.25) is 0 Å². The fourth-order valence-corrected chi connectivity index (χ4v) is 3.73. The normalized spacial score (nSPS) is 32.3. The van der Waals surface area contributed by atoms with Gasteiger partial charge in [0, 0.05) is 25.7 Å². The van der Waals surface area contributed by atoms with Crippen LogP contribution in [0.25, 0.3) is 0 Å². The Morgan fingerprint density at radius 1 is 0.882 bits per heavy atom. The smallest absolute Gasteiger partial charge is 0.286 e. The first kappa shape index (κ1) is 13.3. The highest BCUT2D eigenvalue weighted by Gasteiger charge is 2.53. The molecule has 2 aliphatic carbocycles. The fraction of sp³-hybridized carbons (Fsp3) is 1.00. The van der Waals surface area contributed by atoms with Crippen LogP contribution in [0.15, 0.2) is 0 Å². The number of ether oxygens (including phenoxy) is 3. The van der Waals surface area contributed by atoms with Crippen LogP contribution in [-0.4, -0.2) is 25.8 Å². The molecule has 3 heteroatoms. The minimum Gasteiger partial charge on any atom is -0.328 e. The van der Waals surface area contributed by atoms with E-state index in [1.807, 2.05) is 20.8 Å². The molecule has 2 rings (SSSR count). The molecule has 0 amide bonds. The summed E-state index contributed by atoms with van der Waals surface area (Å²) >= 11 is 0. The molecule has 0 aliphatic heterocycles. The van der Waals surface area contributed by atoms with E-state index in [1.54, 1.807) is 0 Å². The topological polar surface area (TPSA) is 27.7 Å². The number of fused-ring (bicyclic) bond motifs is 2. The molecule has 2 saturated carbocycles. The standard InChI is InChI=1S/C14H26O3/c1-4-15-14(16-5-2,17-6-3)13-10-11-7-8-12(13)9-11/h11-13H,4-10H2,1-3H3. The van der Waals surface area contributed by atoms with Crippen LogP contribution in [0.4, 0.5) is 0 Å². The SMILES string of the molecule is CCOC(OCC)(OCC)C1CC2CCC1C2. The molecule has 2 aliphatic rings. The number of rotatable bonds is 7. The summed E-state index contributed by atoms with van der Waals surface area (Å²) < 4.78 is 17.7. The van der Waals surface area contributed by atoms with E-state index >= 15 is 0 Å². The van der Waals surface area contributed by atoms with Gasteiger partial charge in [-0.3, -0.25) is 0 Å². The summed E-state index contributed by atoms with van der Waals surface area (Å²) in [6, 6.07) is 0. The highest BCUT2D eigenvalue weighted by molar-refractivity contribution is 4.94. The second-order valence-corrected chi connectivity index (χ2v) is 5.18. The molecule has 0 N–H and O–H groups in total. The third-order valence-corrected chi connectivity index (χ3v) is 4.23. The highest BCUT2D eigenvalue weighted by Crippen LogP contribution is 2.53. The van der Waals surface area contributed by atoms with Crippen molar-refractivity contribution in [1.82, 2.24) is 0 Å². The van der Waals surface area contributed by atoms with Gasteiger partial charge in [0.15, 0.2) is 0 Å². The van der Waals surface area contributed by atoms with E-state index in [0.29, 0.717) is 25.7 Å². The van der Waals surface area contributed by atoms with Gasteiger partial charge in [-0.2, -0.15) is 0 Å². The van der Waals surface area contributed by atoms with Crippen molar-refractivity contribution in [2.75, 3.05) is 19.8 Å². The molecule has 2 bridgehead atoms. The summed E-state index contributed by atoms with van der Waals surface area (Å²) in [5.41, 5.74) is 0. The molecule has 17 heavy (non-hydrogen) atoms. The fourth-order valence-electron chi connectivity index (χ4n) is 3.73. The van der Waals surface area contributed by atoms with Crippen LogP contribution < -0.4 is 0 Å². The maximum Gasteiger partial charge on any atom is 0.286 e. The van der Waals surface area contributed by atoms with Gasteiger partial charge < -0.3 is 14.2 Å². The largest absolute Gasteiger partial charge is 0.328 e. The molecular weight excluding hydrogens is 216 g/mol. The molecule has 0 aromatic heterocycles. The van der Waals surface area contributed by atoms with E-state index in [-0.39, 0.29) is 0 Å². The van der Waals surface area contributed by atoms with Gasteiger partial charge in [-0.15, -0.1) is 0 Å². The van der Waals surface area contributed by atoms with Gasteiger partial charge in [0.05, 0.1) is 0 Å². The molecule has 100 valence electrons. The third-order valence-electron chi connectivity index (χ3n) is 4.23. The van der Waals surface area contributed by atoms with Gasteiger partial charge in [0.25, 0.3) is 5.97 Å². The van der Waals surface area contributed by atoms with E-state index in [1.165, 1.54) is 25.7 Å². The van der Waals surface area contributed by atoms with Crippen LogP contribution in [0.2, 0.25) is 0 Å². The van der Waals surface area contributed by atoms with Crippen molar-refractivity contribution in [3.8, 4) is 0 Å². The lowest BCUT2D eigenvalue weighted by molar-refractivity contribution is -0.406. The minimum atomic E-state index is -0.766. The van der Waals surface area contributed by atoms with Gasteiger partial charge in [-0.05, 0) is 51.9 Å². The first-order valence-electron chi connectivity index (χ1n) is 7.17. The molecule has 2 fully saturated rings. The van der Waals surface area contributed by atoms with E-state index < -0.39 is 5.97 Å². The van der Waals surface area contributed by atoms with E-state index in [9.17, 15) is 0 Å². The van der Waals surface area contributed by atoms with Crippen molar-refractivity contribution in [2.45, 2.75) is 52.4 Å². The zero-order chi connectivity index (χ0) is 12.3. The Bertz CT molecular complexity index is 225. The lowest BCUT2D eigenvalue weighted by Gasteiger charge is -2.40. The Kier molecular flexibility index (Phi) is 4.45. The quantitative estimate of drug-likeness (QED) is 0.642. The summed E-state index contributed by atoms with van der Waals surface area (Å²) in [4.78, 5) is 0. The maximum absolute atomic E-state index is 5.90. The van der Waals surface area contributed by atoms with E-state index in [2.05, 4.69) is 0 Å². The first-order valence-corrected chi connectivity index (χ1v) is 7.17. The van der Waals surface area contributed by atoms with Crippen molar-refractivity contribution in [1.29, 1.82) is 0 Å². The first-order chi connectivity index (χ1) is 8.25. The van der Waals surface area contributed by atoms with Gasteiger partial charge in [-0.1, -0.05) is 6.42 Å². The van der Waals surface area contributed by atoms with Crippen LogP contribution in [0.1, 0.15) is 46.5 Å². The van der Waals surface area contributed by atoms with Crippen molar-refractivity contribution in [3.63, 3.8) is 0 Å². The molecule has 3 unspecified atom stereocenters. The lowest BCUT2D eigenvalue weighted by atomic mass is 9.86. The molecule has 0 aromatic rings. The zero-order valence-corrected chi connectivity index (χ0v) is 11.4. The minimum absolute atomic E-state index is 0.432. The Hall–Kier alpha value is -0.120. The summed E-state index contributed by atoms with van der Waals surface area (Å²) in [7, 11) is 0. The summed E-state index contributed by atoms with van der Waals surface area (Å²) in [6.07, 6.45) is 5.27. The van der Waals surface area contributed by atoms with Crippen molar-refractivity contribution < 1.29 is 14.2 Å². The van der Waals surface area contributed by atoms with Crippen LogP contribution >= 0.6 is 0 Å². The molecular formula is C14H26O3. The van der Waals surface area contributed by atoms with Crippen LogP contribution in [-0.2, 0) is 14.2 Å². The average molecular weight is 242 g/mol. The van der Waals surface area contributed by atoms with Crippen molar-refractivity contribution >= 4 is 0 Å². The Morgan fingerprint density at radius 3 is 1.82 bits per heavy atom. The molecule has 0 aromatic carbocycles. The zero-order valence-electron chi connectivity index (χ0n) is 11.4. The summed E-state index contributed by atoms with van der Waals surface area (Å²) in [5, 5.41) is 0. The maximum atomic E-state index is 5.90. The Balaban J connectivity index is 2.12. The Morgan fingerprint density at radius 2 is 1.47 bits per heavy atom. The summed E-state index contributed by atoms with van der Waals surface area (Å²) in [6.45, 7) is 7.98. The van der Waals surface area contributed by atoms with Crippen molar-refractivity contribution in [3.05, 3.63) is 0 Å². The number of hydrogen-bond donors (Lipinski definition) is 0. The lowest BCUT2D eigenvalue weighted by Crippen LogP contribution is -2.48. The molecule has 0 spiro atoms. The second kappa shape index (κ2) is 5.68. The van der Waals surface area contributed by atoms with E-state index in [0.717, 1.165) is 11.8 Å². The van der Waals surface area contributed by atoms with Crippen LogP contribution in [0.5, 0.6) is 0 Å². The van der Waals surface area contributed by atoms with Gasteiger partial charge in [0.1, 0.15) is 0 Å². The summed E-state index contributed by atoms with van der Waals surface area (Å²) in [5.74, 6) is 1.29. The van der Waals surface area contributed by atoms with Gasteiger partial charge in [-0.25, -0.2) is 0 Å².